The maximum absolute atomic E-state index is 4.71. The standard InChI is InChI=1S/C15H10BrN3S3/c1-20-10-3-2-4-11-13(10)18-15(21-11)19-14-17-9-6-5-8(16)7-12(9)22-14/h2-7H,1H3,(H,17,18,19). The molecule has 0 saturated carbocycles. The van der Waals surface area contributed by atoms with Crippen LogP contribution in [-0.4, -0.2) is 16.2 Å². The van der Waals surface area contributed by atoms with E-state index in [1.54, 1.807) is 34.4 Å². The number of para-hydroxylation sites is 1. The van der Waals surface area contributed by atoms with E-state index in [1.807, 2.05) is 12.1 Å². The fraction of sp³-hybridized carbons (Fsp3) is 0.0667. The number of rotatable bonds is 3. The van der Waals surface area contributed by atoms with Crippen LogP contribution in [0.1, 0.15) is 0 Å². The van der Waals surface area contributed by atoms with Gasteiger partial charge in [-0.25, -0.2) is 9.97 Å². The van der Waals surface area contributed by atoms with Gasteiger partial charge in [0.05, 0.1) is 20.4 Å². The summed E-state index contributed by atoms with van der Waals surface area (Å²) < 4.78 is 3.42. The monoisotopic (exact) mass is 407 g/mol. The van der Waals surface area contributed by atoms with Gasteiger partial charge in [-0.15, -0.1) is 11.8 Å². The summed E-state index contributed by atoms with van der Waals surface area (Å²) in [6.45, 7) is 0. The first-order chi connectivity index (χ1) is 10.7. The smallest absolute Gasteiger partial charge is 0.190 e. The van der Waals surface area contributed by atoms with Crippen LogP contribution in [0.15, 0.2) is 45.8 Å². The third kappa shape index (κ3) is 2.62. The van der Waals surface area contributed by atoms with Crippen molar-refractivity contribution < 1.29 is 0 Å². The van der Waals surface area contributed by atoms with E-state index in [0.29, 0.717) is 0 Å². The minimum absolute atomic E-state index is 0.873. The number of fused-ring (bicyclic) bond motifs is 2. The van der Waals surface area contributed by atoms with E-state index in [-0.39, 0.29) is 0 Å². The third-order valence-electron chi connectivity index (χ3n) is 3.17. The molecular formula is C15H10BrN3S3. The fourth-order valence-corrected chi connectivity index (χ4v) is 5.19. The van der Waals surface area contributed by atoms with Gasteiger partial charge in [0.15, 0.2) is 10.3 Å². The molecule has 0 aliphatic rings. The quantitative estimate of drug-likeness (QED) is 0.414. The number of thioether (sulfide) groups is 1. The summed E-state index contributed by atoms with van der Waals surface area (Å²) in [5.74, 6) is 0. The lowest BCUT2D eigenvalue weighted by atomic mass is 10.3. The van der Waals surface area contributed by atoms with E-state index >= 15 is 0 Å². The Labute approximate surface area is 147 Å². The van der Waals surface area contributed by atoms with Crippen LogP contribution in [0, 0.1) is 0 Å². The molecule has 0 aliphatic carbocycles. The molecule has 2 aromatic heterocycles. The van der Waals surface area contributed by atoms with E-state index in [0.717, 1.165) is 30.5 Å². The summed E-state index contributed by atoms with van der Waals surface area (Å²) in [7, 11) is 0. The number of nitrogens with zero attached hydrogens (tertiary/aromatic N) is 2. The number of nitrogens with one attached hydrogen (secondary N) is 1. The highest BCUT2D eigenvalue weighted by molar-refractivity contribution is 9.10. The number of hydrogen-bond donors (Lipinski definition) is 1. The van der Waals surface area contributed by atoms with Crippen molar-refractivity contribution in [3.05, 3.63) is 40.9 Å². The number of hydrogen-bond acceptors (Lipinski definition) is 6. The number of halogens is 1. The predicted molar refractivity (Wildman–Crippen MR) is 102 cm³/mol. The van der Waals surface area contributed by atoms with Gasteiger partial charge >= 0.3 is 0 Å². The Morgan fingerprint density at radius 2 is 1.86 bits per heavy atom. The highest BCUT2D eigenvalue weighted by Gasteiger charge is 2.10. The Balaban J connectivity index is 1.72. The molecule has 1 N–H and O–H groups in total. The molecule has 0 saturated heterocycles. The van der Waals surface area contributed by atoms with Gasteiger partial charge in [-0.05, 0) is 36.6 Å². The minimum atomic E-state index is 0.873. The Hall–Kier alpha value is -1.15. The lowest BCUT2D eigenvalue weighted by molar-refractivity contribution is 1.37. The molecule has 22 heavy (non-hydrogen) atoms. The van der Waals surface area contributed by atoms with Crippen LogP contribution in [0.3, 0.4) is 0 Å². The fourth-order valence-electron chi connectivity index (χ4n) is 2.18. The van der Waals surface area contributed by atoms with E-state index < -0.39 is 0 Å². The van der Waals surface area contributed by atoms with Crippen LogP contribution in [0.4, 0.5) is 10.3 Å². The van der Waals surface area contributed by atoms with Gasteiger partial charge in [0.25, 0.3) is 0 Å². The zero-order valence-corrected chi connectivity index (χ0v) is 15.5. The second-order valence-corrected chi connectivity index (χ2v) is 8.41. The highest BCUT2D eigenvalue weighted by Crippen LogP contribution is 2.35. The average molecular weight is 408 g/mol. The zero-order valence-electron chi connectivity index (χ0n) is 11.5. The minimum Gasteiger partial charge on any atom is -0.307 e. The number of aromatic nitrogens is 2. The largest absolute Gasteiger partial charge is 0.307 e. The summed E-state index contributed by atoms with van der Waals surface area (Å²) in [6.07, 6.45) is 2.08. The Morgan fingerprint density at radius 3 is 2.73 bits per heavy atom. The van der Waals surface area contributed by atoms with Crippen LogP contribution in [-0.2, 0) is 0 Å². The van der Waals surface area contributed by atoms with Crippen LogP contribution in [0.25, 0.3) is 20.4 Å². The maximum Gasteiger partial charge on any atom is 0.190 e. The van der Waals surface area contributed by atoms with Gasteiger partial charge in [0.2, 0.25) is 0 Å². The summed E-state index contributed by atoms with van der Waals surface area (Å²) in [4.78, 5) is 10.5. The second kappa shape index (κ2) is 5.81. The molecule has 2 aromatic carbocycles. The molecule has 2 heterocycles. The Kier molecular flexibility index (Phi) is 3.81. The van der Waals surface area contributed by atoms with E-state index in [1.165, 1.54) is 9.60 Å². The Morgan fingerprint density at radius 1 is 1.05 bits per heavy atom. The van der Waals surface area contributed by atoms with E-state index in [4.69, 9.17) is 4.98 Å². The molecule has 0 atom stereocenters. The van der Waals surface area contributed by atoms with Crippen molar-refractivity contribution >= 4 is 81.1 Å². The van der Waals surface area contributed by atoms with Crippen molar-refractivity contribution in [3.8, 4) is 0 Å². The molecule has 0 spiro atoms. The molecule has 0 amide bonds. The summed E-state index contributed by atoms with van der Waals surface area (Å²) in [5.41, 5.74) is 2.06. The van der Waals surface area contributed by atoms with Crippen LogP contribution in [0.2, 0.25) is 0 Å². The summed E-state index contributed by atoms with van der Waals surface area (Å²) >= 11 is 8.51. The van der Waals surface area contributed by atoms with Crippen molar-refractivity contribution in [2.24, 2.45) is 0 Å². The molecule has 0 fully saturated rings. The lowest BCUT2D eigenvalue weighted by Gasteiger charge is -1.95. The molecule has 0 radical (unpaired) electrons. The summed E-state index contributed by atoms with van der Waals surface area (Å²) in [6, 6.07) is 12.4. The normalized spacial score (nSPS) is 11.4. The number of benzene rings is 2. The first-order valence-electron chi connectivity index (χ1n) is 6.49. The molecule has 4 rings (SSSR count). The number of anilines is 2. The molecule has 7 heteroatoms. The molecular weight excluding hydrogens is 398 g/mol. The zero-order chi connectivity index (χ0) is 15.1. The molecule has 0 bridgehead atoms. The lowest BCUT2D eigenvalue weighted by Crippen LogP contribution is -1.87. The van der Waals surface area contributed by atoms with Crippen molar-refractivity contribution in [1.82, 2.24) is 9.97 Å². The van der Waals surface area contributed by atoms with Gasteiger partial charge in [0, 0.05) is 9.37 Å². The summed E-state index contributed by atoms with van der Waals surface area (Å²) in [5, 5.41) is 5.10. The van der Waals surface area contributed by atoms with E-state index in [9.17, 15) is 0 Å². The van der Waals surface area contributed by atoms with Gasteiger partial charge < -0.3 is 5.32 Å². The predicted octanol–water partition coefficient (Wildman–Crippen LogP) is 6.13. The third-order valence-corrected chi connectivity index (χ3v) is 6.30. The number of thiazole rings is 2. The van der Waals surface area contributed by atoms with Crippen molar-refractivity contribution in [2.45, 2.75) is 4.90 Å². The molecule has 110 valence electrons. The van der Waals surface area contributed by atoms with Crippen LogP contribution in [0.5, 0.6) is 0 Å². The average Bonchev–Trinajstić information content (AvgIpc) is 3.09. The van der Waals surface area contributed by atoms with Gasteiger partial charge in [-0.2, -0.15) is 0 Å². The topological polar surface area (TPSA) is 37.8 Å². The van der Waals surface area contributed by atoms with Gasteiger partial charge in [0.1, 0.15) is 0 Å². The first-order valence-corrected chi connectivity index (χ1v) is 10.1. The van der Waals surface area contributed by atoms with E-state index in [2.05, 4.69) is 56.8 Å². The van der Waals surface area contributed by atoms with Crippen LogP contribution >= 0.6 is 50.4 Å². The highest BCUT2D eigenvalue weighted by atomic mass is 79.9. The SMILES string of the molecule is CSc1cccc2sc(Nc3nc4ccc(Br)cc4s3)nc12. The molecule has 3 nitrogen and oxygen atoms in total. The van der Waals surface area contributed by atoms with Crippen LogP contribution < -0.4 is 5.32 Å². The first kappa shape index (κ1) is 14.4. The molecule has 0 aliphatic heterocycles. The van der Waals surface area contributed by atoms with Crippen molar-refractivity contribution in [3.63, 3.8) is 0 Å². The Bertz CT molecular complexity index is 977. The van der Waals surface area contributed by atoms with Crippen molar-refractivity contribution in [1.29, 1.82) is 0 Å². The van der Waals surface area contributed by atoms with Gasteiger partial charge in [-0.1, -0.05) is 44.7 Å². The maximum atomic E-state index is 4.71. The molecule has 4 aromatic rings. The van der Waals surface area contributed by atoms with Crippen molar-refractivity contribution in [2.75, 3.05) is 11.6 Å². The second-order valence-electron chi connectivity index (χ2n) is 4.58. The molecule has 0 unspecified atom stereocenters. The van der Waals surface area contributed by atoms with Gasteiger partial charge in [-0.3, -0.25) is 0 Å².